The quantitative estimate of drug-likeness (QED) is 0.771. The Bertz CT molecular complexity index is 911. The second-order valence-electron chi connectivity index (χ2n) is 5.59. The Balaban J connectivity index is 0.000000273. The van der Waals surface area contributed by atoms with Crippen LogP contribution in [0.5, 0.6) is 0 Å². The Morgan fingerprint density at radius 2 is 1.35 bits per heavy atom. The Labute approximate surface area is 158 Å². The molecule has 0 saturated carbocycles. The van der Waals surface area contributed by atoms with Crippen molar-refractivity contribution in [1.82, 2.24) is 0 Å². The first kappa shape index (κ1) is 21.7. The fourth-order valence-electron chi connectivity index (χ4n) is 2.02. The molecule has 8 heteroatoms. The van der Waals surface area contributed by atoms with Crippen molar-refractivity contribution in [2.45, 2.75) is 32.6 Å². The maximum atomic E-state index is 11.0. The van der Waals surface area contributed by atoms with Crippen molar-refractivity contribution in [1.29, 1.82) is 0 Å². The summed E-state index contributed by atoms with van der Waals surface area (Å²) in [6.07, 6.45) is 0. The van der Waals surface area contributed by atoms with Crippen LogP contribution in [0.15, 0.2) is 47.4 Å². The molecule has 0 unspecified atom stereocenters. The van der Waals surface area contributed by atoms with Crippen molar-refractivity contribution in [2.75, 3.05) is 10.6 Å². The van der Waals surface area contributed by atoms with E-state index in [1.165, 1.54) is 32.0 Å². The van der Waals surface area contributed by atoms with Gasteiger partial charge < -0.3 is 10.6 Å². The van der Waals surface area contributed by atoms with Gasteiger partial charge in [-0.05, 0) is 49.2 Å². The summed E-state index contributed by atoms with van der Waals surface area (Å²) in [5, 5.41) is 5.31. The van der Waals surface area contributed by atoms with Crippen LogP contribution in [-0.2, 0) is 18.6 Å². The van der Waals surface area contributed by atoms with Gasteiger partial charge in [0.1, 0.15) is 0 Å². The first-order valence-electron chi connectivity index (χ1n) is 7.67. The zero-order valence-corrected chi connectivity index (χ0v) is 16.5. The molecule has 2 amide bonds. The molecule has 0 heterocycles. The number of aryl methyl sites for hydroxylation is 2. The summed E-state index contributed by atoms with van der Waals surface area (Å²) in [5.41, 5.74) is 3.20. The van der Waals surface area contributed by atoms with Gasteiger partial charge in [0, 0.05) is 35.9 Å². The molecule has 2 rings (SSSR count). The van der Waals surface area contributed by atoms with Crippen LogP contribution in [0.2, 0.25) is 0 Å². The molecule has 0 atom stereocenters. The summed E-state index contributed by atoms with van der Waals surface area (Å²) >= 11 is 0. The zero-order chi connectivity index (χ0) is 19.9. The molecule has 2 aromatic rings. The van der Waals surface area contributed by atoms with E-state index in [-0.39, 0.29) is 16.7 Å². The molecule has 0 aromatic heterocycles. The SMILES string of the molecule is CC(=O)Nc1ccc(S(=O)(=O)Cl)cc1C.CC(=O)Nc1ccccc1C. The van der Waals surface area contributed by atoms with Gasteiger partial charge in [0.15, 0.2) is 0 Å². The van der Waals surface area contributed by atoms with Gasteiger partial charge in [-0.2, -0.15) is 0 Å². The summed E-state index contributed by atoms with van der Waals surface area (Å²) in [6, 6.07) is 12.0. The summed E-state index contributed by atoms with van der Waals surface area (Å²) in [5.74, 6) is -0.237. The molecular weight excluding hydrogens is 376 g/mol. The molecule has 0 spiro atoms. The van der Waals surface area contributed by atoms with E-state index in [0.29, 0.717) is 11.3 Å². The van der Waals surface area contributed by atoms with E-state index in [9.17, 15) is 18.0 Å². The van der Waals surface area contributed by atoms with E-state index >= 15 is 0 Å². The van der Waals surface area contributed by atoms with E-state index in [2.05, 4.69) is 10.6 Å². The summed E-state index contributed by atoms with van der Waals surface area (Å²) in [6.45, 7) is 6.54. The van der Waals surface area contributed by atoms with E-state index in [0.717, 1.165) is 11.3 Å². The van der Waals surface area contributed by atoms with Gasteiger partial charge >= 0.3 is 0 Å². The van der Waals surface area contributed by atoms with Crippen molar-refractivity contribution >= 4 is 42.9 Å². The second-order valence-corrected chi connectivity index (χ2v) is 8.16. The smallest absolute Gasteiger partial charge is 0.261 e. The van der Waals surface area contributed by atoms with E-state index in [1.54, 1.807) is 6.92 Å². The number of hydrogen-bond acceptors (Lipinski definition) is 4. The topological polar surface area (TPSA) is 92.3 Å². The molecule has 2 N–H and O–H groups in total. The predicted molar refractivity (Wildman–Crippen MR) is 104 cm³/mol. The maximum Gasteiger partial charge on any atom is 0.261 e. The van der Waals surface area contributed by atoms with Crippen molar-refractivity contribution in [3.63, 3.8) is 0 Å². The van der Waals surface area contributed by atoms with E-state index in [1.807, 2.05) is 31.2 Å². The minimum absolute atomic E-state index is 0.0239. The van der Waals surface area contributed by atoms with Gasteiger partial charge in [-0.25, -0.2) is 8.42 Å². The van der Waals surface area contributed by atoms with Gasteiger partial charge in [-0.3, -0.25) is 9.59 Å². The number of rotatable bonds is 3. The summed E-state index contributed by atoms with van der Waals surface area (Å²) in [4.78, 5) is 21.5. The Morgan fingerprint density at radius 1 is 0.846 bits per heavy atom. The lowest BCUT2D eigenvalue weighted by molar-refractivity contribution is -0.115. The van der Waals surface area contributed by atoms with Gasteiger partial charge in [0.2, 0.25) is 11.8 Å². The first-order chi connectivity index (χ1) is 12.0. The van der Waals surface area contributed by atoms with Crippen molar-refractivity contribution < 1.29 is 18.0 Å². The lowest BCUT2D eigenvalue weighted by Gasteiger charge is -2.06. The summed E-state index contributed by atoms with van der Waals surface area (Å²) in [7, 11) is 1.46. The number of carbonyl (C=O) groups is 2. The van der Waals surface area contributed by atoms with Crippen molar-refractivity contribution in [3.05, 3.63) is 53.6 Å². The average Bonchev–Trinajstić information content (AvgIpc) is 2.50. The van der Waals surface area contributed by atoms with Crippen LogP contribution in [-0.4, -0.2) is 20.2 Å². The largest absolute Gasteiger partial charge is 0.326 e. The highest BCUT2D eigenvalue weighted by atomic mass is 35.7. The van der Waals surface area contributed by atoms with Crippen LogP contribution in [0, 0.1) is 13.8 Å². The Morgan fingerprint density at radius 3 is 1.77 bits per heavy atom. The molecule has 0 aliphatic heterocycles. The zero-order valence-electron chi connectivity index (χ0n) is 15.0. The highest BCUT2D eigenvalue weighted by Crippen LogP contribution is 2.22. The van der Waals surface area contributed by atoms with E-state index < -0.39 is 9.05 Å². The Kier molecular flexibility index (Phi) is 7.79. The molecule has 0 fully saturated rings. The lowest BCUT2D eigenvalue weighted by Crippen LogP contribution is -2.07. The molecule has 0 radical (unpaired) electrons. The maximum absolute atomic E-state index is 11.0. The van der Waals surface area contributed by atoms with Gasteiger partial charge in [0.25, 0.3) is 9.05 Å². The predicted octanol–water partition coefficient (Wildman–Crippen LogP) is 3.83. The number of para-hydroxylation sites is 1. The van der Waals surface area contributed by atoms with Crippen LogP contribution in [0.4, 0.5) is 11.4 Å². The van der Waals surface area contributed by atoms with Crippen molar-refractivity contribution in [2.24, 2.45) is 0 Å². The third-order valence-electron chi connectivity index (χ3n) is 3.25. The number of anilines is 2. The van der Waals surface area contributed by atoms with Crippen molar-refractivity contribution in [3.8, 4) is 0 Å². The highest BCUT2D eigenvalue weighted by Gasteiger charge is 2.11. The van der Waals surface area contributed by atoms with Crippen LogP contribution in [0.3, 0.4) is 0 Å². The molecule has 0 saturated heterocycles. The van der Waals surface area contributed by atoms with Gasteiger partial charge in [-0.1, -0.05) is 18.2 Å². The number of hydrogen-bond donors (Lipinski definition) is 2. The monoisotopic (exact) mass is 396 g/mol. The molecule has 0 aliphatic rings. The lowest BCUT2D eigenvalue weighted by atomic mass is 10.2. The molecule has 2 aromatic carbocycles. The van der Waals surface area contributed by atoms with E-state index in [4.69, 9.17) is 10.7 Å². The third-order valence-corrected chi connectivity index (χ3v) is 4.60. The van der Waals surface area contributed by atoms with Gasteiger partial charge in [-0.15, -0.1) is 0 Å². The second kappa shape index (κ2) is 9.35. The first-order valence-corrected chi connectivity index (χ1v) is 9.97. The average molecular weight is 397 g/mol. The number of carbonyl (C=O) groups excluding carboxylic acids is 2. The number of benzene rings is 2. The number of amides is 2. The standard InChI is InChI=1S/C9H10ClNO3S.C9H11NO/c1-6-5-8(15(10,13)14)3-4-9(6)11-7(2)12;1-7-5-3-4-6-9(7)10-8(2)11/h3-5H,1-2H3,(H,11,12);3-6H,1-2H3,(H,10,11). The normalized spacial score (nSPS) is 10.3. The highest BCUT2D eigenvalue weighted by molar-refractivity contribution is 8.13. The van der Waals surface area contributed by atoms with Crippen LogP contribution in [0.1, 0.15) is 25.0 Å². The molecule has 140 valence electrons. The molecule has 0 bridgehead atoms. The van der Waals surface area contributed by atoms with Crippen LogP contribution >= 0.6 is 10.7 Å². The van der Waals surface area contributed by atoms with Crippen LogP contribution in [0.25, 0.3) is 0 Å². The fourth-order valence-corrected chi connectivity index (χ4v) is 2.86. The fraction of sp³-hybridized carbons (Fsp3) is 0.222. The summed E-state index contributed by atoms with van der Waals surface area (Å²) < 4.78 is 22.0. The minimum atomic E-state index is -3.71. The molecule has 26 heavy (non-hydrogen) atoms. The van der Waals surface area contributed by atoms with Crippen LogP contribution < -0.4 is 10.6 Å². The molecular formula is C18H21ClN2O4S. The van der Waals surface area contributed by atoms with Gasteiger partial charge in [0.05, 0.1) is 4.90 Å². The molecule has 6 nitrogen and oxygen atoms in total. The Hall–Kier alpha value is -2.38. The number of halogens is 1. The minimum Gasteiger partial charge on any atom is -0.326 e. The molecule has 0 aliphatic carbocycles. The number of nitrogens with one attached hydrogen (secondary N) is 2. The third kappa shape index (κ3) is 7.25.